The van der Waals surface area contributed by atoms with Gasteiger partial charge in [0.1, 0.15) is 5.03 Å². The Morgan fingerprint density at radius 1 is 0.958 bits per heavy atom. The Morgan fingerprint density at radius 3 is 2.46 bits per heavy atom. The van der Waals surface area contributed by atoms with Crippen LogP contribution in [-0.2, 0) is 6.18 Å². The van der Waals surface area contributed by atoms with E-state index < -0.39 is 12.0 Å². The number of fused-ring (bicyclic) bond motifs is 3. The molecule has 3 aromatic heterocycles. The minimum Gasteiger partial charge on any atom is -0.267 e. The number of aromatic nitrogens is 6. The largest absolute Gasteiger partial charge is 0.452 e. The second-order valence-corrected chi connectivity index (χ2v) is 5.68. The molecule has 0 aliphatic heterocycles. The van der Waals surface area contributed by atoms with Crippen LogP contribution in [0, 0.1) is 0 Å². The lowest BCUT2D eigenvalue weighted by Crippen LogP contribution is -2.11. The highest BCUT2D eigenvalue weighted by atomic mass is 32.2. The summed E-state index contributed by atoms with van der Waals surface area (Å²) in [6.07, 6.45) is -1.55. The molecule has 0 fully saturated rings. The molecule has 0 spiro atoms. The highest BCUT2D eigenvalue weighted by Gasteiger charge is 2.38. The fourth-order valence-corrected chi connectivity index (χ4v) is 3.00. The van der Waals surface area contributed by atoms with E-state index in [1.165, 1.54) is 0 Å². The maximum atomic E-state index is 13.3. The Labute approximate surface area is 136 Å². The van der Waals surface area contributed by atoms with Crippen LogP contribution in [0.5, 0.6) is 0 Å². The summed E-state index contributed by atoms with van der Waals surface area (Å²) in [5.41, 5.74) is 0.690. The maximum absolute atomic E-state index is 13.3. The number of rotatable bonds is 2. The van der Waals surface area contributed by atoms with Gasteiger partial charge in [-0.3, -0.25) is 4.40 Å². The van der Waals surface area contributed by atoms with Gasteiger partial charge in [-0.05, 0) is 30.0 Å². The number of benzene rings is 1. The van der Waals surface area contributed by atoms with Crippen molar-refractivity contribution in [1.82, 2.24) is 29.5 Å². The molecule has 0 bridgehead atoms. The van der Waals surface area contributed by atoms with E-state index in [9.17, 15) is 13.2 Å². The topological polar surface area (TPSA) is 68.9 Å². The zero-order chi connectivity index (χ0) is 16.7. The first-order chi connectivity index (χ1) is 11.5. The van der Waals surface area contributed by atoms with Crippen LogP contribution < -0.4 is 0 Å². The summed E-state index contributed by atoms with van der Waals surface area (Å²) < 4.78 is 40.8. The van der Waals surface area contributed by atoms with E-state index in [-0.39, 0.29) is 16.2 Å². The molecule has 24 heavy (non-hydrogen) atoms. The van der Waals surface area contributed by atoms with Crippen LogP contribution in [0.2, 0.25) is 0 Å². The fraction of sp³-hybridized carbons (Fsp3) is 0.0714. The standard InChI is InChI=1S/C14H7F3N6S/c15-14(16,17)12-22-21-10-11(24-13-18-6-3-7-19-13)20-8-4-1-2-5-9(8)23(10)12/h1-7H. The van der Waals surface area contributed by atoms with E-state index >= 15 is 0 Å². The monoisotopic (exact) mass is 348 g/mol. The predicted octanol–water partition coefficient (Wildman–Crippen LogP) is 3.24. The van der Waals surface area contributed by atoms with Crippen molar-refractivity contribution in [2.45, 2.75) is 16.4 Å². The van der Waals surface area contributed by atoms with E-state index in [2.05, 4.69) is 25.1 Å². The van der Waals surface area contributed by atoms with Gasteiger partial charge in [0.25, 0.3) is 0 Å². The first kappa shape index (κ1) is 14.8. The summed E-state index contributed by atoms with van der Waals surface area (Å²) in [5.74, 6) is -1.09. The third-order valence-corrected chi connectivity index (χ3v) is 4.04. The summed E-state index contributed by atoms with van der Waals surface area (Å²) in [7, 11) is 0. The lowest BCUT2D eigenvalue weighted by molar-refractivity contribution is -0.145. The van der Waals surface area contributed by atoms with Crippen LogP contribution in [0.3, 0.4) is 0 Å². The molecule has 0 saturated heterocycles. The van der Waals surface area contributed by atoms with Gasteiger partial charge in [-0.2, -0.15) is 13.2 Å². The van der Waals surface area contributed by atoms with E-state index in [0.717, 1.165) is 16.2 Å². The van der Waals surface area contributed by atoms with Crippen molar-refractivity contribution in [3.8, 4) is 0 Å². The third kappa shape index (κ3) is 2.44. The van der Waals surface area contributed by atoms with E-state index in [1.54, 1.807) is 42.7 Å². The SMILES string of the molecule is FC(F)(F)c1nnc2c(Sc3ncccn3)nc3ccccc3n12. The lowest BCUT2D eigenvalue weighted by Gasteiger charge is -2.09. The van der Waals surface area contributed by atoms with Gasteiger partial charge in [0, 0.05) is 12.4 Å². The van der Waals surface area contributed by atoms with Crippen LogP contribution in [0.25, 0.3) is 16.7 Å². The molecule has 1 aromatic carbocycles. The summed E-state index contributed by atoms with van der Waals surface area (Å²) in [5, 5.41) is 7.61. The molecule has 0 N–H and O–H groups in total. The fourth-order valence-electron chi connectivity index (χ4n) is 2.23. The summed E-state index contributed by atoms with van der Waals surface area (Å²) in [4.78, 5) is 12.5. The molecule has 3 heterocycles. The Kier molecular flexibility index (Phi) is 3.34. The van der Waals surface area contributed by atoms with Crippen LogP contribution >= 0.6 is 11.8 Å². The molecule has 0 atom stereocenters. The van der Waals surface area contributed by atoms with Gasteiger partial charge in [0.15, 0.2) is 10.8 Å². The second kappa shape index (κ2) is 5.41. The summed E-state index contributed by atoms with van der Waals surface area (Å²) in [6.45, 7) is 0. The smallest absolute Gasteiger partial charge is 0.267 e. The zero-order valence-electron chi connectivity index (χ0n) is 11.8. The van der Waals surface area contributed by atoms with Gasteiger partial charge in [-0.15, -0.1) is 10.2 Å². The van der Waals surface area contributed by atoms with Crippen molar-refractivity contribution in [1.29, 1.82) is 0 Å². The molecular formula is C14H7F3N6S. The highest BCUT2D eigenvalue weighted by Crippen LogP contribution is 2.34. The minimum atomic E-state index is -4.63. The van der Waals surface area contributed by atoms with Gasteiger partial charge in [-0.1, -0.05) is 12.1 Å². The molecule has 4 rings (SSSR count). The van der Waals surface area contributed by atoms with Crippen LogP contribution in [0.4, 0.5) is 13.2 Å². The highest BCUT2D eigenvalue weighted by molar-refractivity contribution is 7.99. The first-order valence-electron chi connectivity index (χ1n) is 6.70. The molecule has 0 radical (unpaired) electrons. The molecule has 0 aliphatic rings. The number of hydrogen-bond donors (Lipinski definition) is 0. The quantitative estimate of drug-likeness (QED) is 0.518. The van der Waals surface area contributed by atoms with E-state index in [1.807, 2.05) is 0 Å². The summed E-state index contributed by atoms with van der Waals surface area (Å²) in [6, 6.07) is 8.15. The van der Waals surface area contributed by atoms with E-state index in [4.69, 9.17) is 0 Å². The number of para-hydroxylation sites is 2. The number of alkyl halides is 3. The van der Waals surface area contributed by atoms with Crippen molar-refractivity contribution in [3.63, 3.8) is 0 Å². The molecule has 4 aromatic rings. The summed E-state index contributed by atoms with van der Waals surface area (Å²) >= 11 is 1.03. The molecule has 0 aliphatic carbocycles. The molecule has 120 valence electrons. The molecule has 0 saturated carbocycles. The zero-order valence-corrected chi connectivity index (χ0v) is 12.6. The third-order valence-electron chi connectivity index (χ3n) is 3.18. The van der Waals surface area contributed by atoms with Crippen LogP contribution in [0.15, 0.2) is 52.9 Å². The minimum absolute atomic E-state index is 0.0125. The molecule has 0 amide bonds. The average Bonchev–Trinajstić information content (AvgIpc) is 3.02. The number of hydrogen-bond acceptors (Lipinski definition) is 6. The second-order valence-electron chi connectivity index (χ2n) is 4.72. The lowest BCUT2D eigenvalue weighted by atomic mass is 10.3. The Hall–Kier alpha value is -2.75. The Bertz CT molecular complexity index is 1030. The van der Waals surface area contributed by atoms with Crippen molar-refractivity contribution in [2.75, 3.05) is 0 Å². The van der Waals surface area contributed by atoms with Crippen molar-refractivity contribution < 1.29 is 13.2 Å². The average molecular weight is 348 g/mol. The maximum Gasteiger partial charge on any atom is 0.452 e. The van der Waals surface area contributed by atoms with Gasteiger partial charge in [-0.25, -0.2) is 15.0 Å². The van der Waals surface area contributed by atoms with Gasteiger partial charge in [0.05, 0.1) is 11.0 Å². The van der Waals surface area contributed by atoms with Crippen LogP contribution in [-0.4, -0.2) is 29.5 Å². The Balaban J connectivity index is 2.02. The molecule has 0 unspecified atom stereocenters. The number of nitrogens with zero attached hydrogens (tertiary/aromatic N) is 6. The number of halogens is 3. The Morgan fingerprint density at radius 2 is 1.71 bits per heavy atom. The van der Waals surface area contributed by atoms with Crippen molar-refractivity contribution in [3.05, 3.63) is 48.5 Å². The van der Waals surface area contributed by atoms with Crippen LogP contribution in [0.1, 0.15) is 5.82 Å². The first-order valence-corrected chi connectivity index (χ1v) is 7.51. The van der Waals surface area contributed by atoms with Gasteiger partial charge < -0.3 is 0 Å². The predicted molar refractivity (Wildman–Crippen MR) is 79.4 cm³/mol. The van der Waals surface area contributed by atoms with Gasteiger partial charge >= 0.3 is 6.18 Å². The molecule has 10 heteroatoms. The van der Waals surface area contributed by atoms with E-state index in [0.29, 0.717) is 10.7 Å². The normalized spacial score (nSPS) is 12.1. The molecule has 6 nitrogen and oxygen atoms in total. The van der Waals surface area contributed by atoms with Crippen molar-refractivity contribution >= 4 is 28.4 Å². The van der Waals surface area contributed by atoms with Crippen molar-refractivity contribution in [2.24, 2.45) is 0 Å². The molecular weight excluding hydrogens is 341 g/mol. The van der Waals surface area contributed by atoms with Gasteiger partial charge in [0.2, 0.25) is 5.82 Å².